The van der Waals surface area contributed by atoms with E-state index in [1.54, 1.807) is 0 Å². The van der Waals surface area contributed by atoms with E-state index in [4.69, 9.17) is 19.9 Å². The van der Waals surface area contributed by atoms with E-state index < -0.39 is 5.82 Å². The Kier molecular flexibility index (Phi) is 3.60. The highest BCUT2D eigenvalue weighted by molar-refractivity contribution is 5.43. The van der Waals surface area contributed by atoms with Gasteiger partial charge in [-0.1, -0.05) is 0 Å². The van der Waals surface area contributed by atoms with Gasteiger partial charge in [-0.25, -0.2) is 4.39 Å². The molecule has 0 aliphatic carbocycles. The Hall–Kier alpha value is -2.64. The lowest BCUT2D eigenvalue weighted by atomic mass is 10.3. The van der Waals surface area contributed by atoms with Crippen molar-refractivity contribution in [3.8, 4) is 23.8 Å². The largest absolute Gasteiger partial charge is 0.467 e. The average Bonchev–Trinajstić information content (AvgIpc) is 2.41. The number of benzene rings is 1. The van der Waals surface area contributed by atoms with Gasteiger partial charge in [0, 0.05) is 11.8 Å². The number of halogens is 1. The third-order valence-electron chi connectivity index (χ3n) is 2.10. The monoisotopic (exact) mass is 266 g/mol. The minimum absolute atomic E-state index is 0.00213. The van der Waals surface area contributed by atoms with Crippen LogP contribution in [0.4, 0.5) is 10.1 Å². The van der Waals surface area contributed by atoms with Gasteiger partial charge in [-0.15, -0.1) is 15.0 Å². The lowest BCUT2D eigenvalue weighted by Crippen LogP contribution is -2.02. The summed E-state index contributed by atoms with van der Waals surface area (Å²) >= 11 is 0. The number of nitrogen functional groups attached to an aromatic ring is 1. The third kappa shape index (κ3) is 2.97. The third-order valence-corrected chi connectivity index (χ3v) is 2.10. The Labute approximate surface area is 108 Å². The molecule has 8 heteroatoms. The van der Waals surface area contributed by atoms with Gasteiger partial charge in [0.15, 0.2) is 11.6 Å². The van der Waals surface area contributed by atoms with Gasteiger partial charge in [0.05, 0.1) is 14.2 Å². The van der Waals surface area contributed by atoms with Crippen LogP contribution in [0, 0.1) is 5.82 Å². The fourth-order valence-electron chi connectivity index (χ4n) is 1.25. The Morgan fingerprint density at radius 3 is 2.11 bits per heavy atom. The SMILES string of the molecule is COc1nc(OC)nc(Oc2ccc(N)cc2F)n1. The van der Waals surface area contributed by atoms with Gasteiger partial charge in [0.1, 0.15) is 0 Å². The number of aromatic nitrogens is 3. The highest BCUT2D eigenvalue weighted by Gasteiger charge is 2.11. The summed E-state index contributed by atoms with van der Waals surface area (Å²) in [6, 6.07) is 3.84. The minimum atomic E-state index is -0.627. The predicted molar refractivity (Wildman–Crippen MR) is 63.8 cm³/mol. The summed E-state index contributed by atoms with van der Waals surface area (Å²) in [6.45, 7) is 0. The molecule has 19 heavy (non-hydrogen) atoms. The Balaban J connectivity index is 2.31. The normalized spacial score (nSPS) is 10.1. The second kappa shape index (κ2) is 5.34. The van der Waals surface area contributed by atoms with Crippen molar-refractivity contribution in [2.24, 2.45) is 0 Å². The molecule has 0 spiro atoms. The summed E-state index contributed by atoms with van der Waals surface area (Å²) in [7, 11) is 2.75. The molecule has 0 unspecified atom stereocenters. The maximum atomic E-state index is 13.6. The fraction of sp³-hybridized carbons (Fsp3) is 0.182. The first-order valence-electron chi connectivity index (χ1n) is 5.19. The summed E-state index contributed by atoms with van der Waals surface area (Å²) in [6.07, 6.45) is 0. The topological polar surface area (TPSA) is 92.4 Å². The van der Waals surface area contributed by atoms with Crippen molar-refractivity contribution >= 4 is 5.69 Å². The molecule has 100 valence electrons. The van der Waals surface area contributed by atoms with Gasteiger partial charge in [0.25, 0.3) is 0 Å². The van der Waals surface area contributed by atoms with Crippen molar-refractivity contribution in [2.75, 3.05) is 20.0 Å². The number of nitrogens with zero attached hydrogens (tertiary/aromatic N) is 3. The second-order valence-corrected chi connectivity index (χ2v) is 3.38. The zero-order valence-corrected chi connectivity index (χ0v) is 10.3. The first kappa shape index (κ1) is 12.8. The van der Waals surface area contributed by atoms with Crippen LogP contribution in [0.15, 0.2) is 18.2 Å². The zero-order chi connectivity index (χ0) is 13.8. The Bertz CT molecular complexity index is 572. The number of anilines is 1. The van der Waals surface area contributed by atoms with E-state index in [0.29, 0.717) is 0 Å². The molecule has 1 heterocycles. The van der Waals surface area contributed by atoms with Crippen molar-refractivity contribution < 1.29 is 18.6 Å². The van der Waals surface area contributed by atoms with Crippen LogP contribution in [0.1, 0.15) is 0 Å². The van der Waals surface area contributed by atoms with E-state index >= 15 is 0 Å². The predicted octanol–water partition coefficient (Wildman–Crippen LogP) is 1.40. The molecule has 1 aromatic heterocycles. The maximum absolute atomic E-state index is 13.6. The number of rotatable bonds is 4. The fourth-order valence-corrected chi connectivity index (χ4v) is 1.25. The zero-order valence-electron chi connectivity index (χ0n) is 10.3. The quantitative estimate of drug-likeness (QED) is 0.836. The molecule has 0 saturated carbocycles. The summed E-state index contributed by atoms with van der Waals surface area (Å²) in [5.41, 5.74) is 5.72. The molecule has 7 nitrogen and oxygen atoms in total. The van der Waals surface area contributed by atoms with E-state index in [-0.39, 0.29) is 29.5 Å². The number of methoxy groups -OCH3 is 2. The second-order valence-electron chi connectivity index (χ2n) is 3.38. The molecule has 2 rings (SSSR count). The summed E-state index contributed by atoms with van der Waals surface area (Å²) in [5.74, 6) is -0.692. The summed E-state index contributed by atoms with van der Waals surface area (Å²) in [4.78, 5) is 11.4. The van der Waals surface area contributed by atoms with E-state index in [2.05, 4.69) is 15.0 Å². The number of ether oxygens (including phenoxy) is 3. The molecule has 0 bridgehead atoms. The van der Waals surface area contributed by atoms with E-state index in [0.717, 1.165) is 6.07 Å². The van der Waals surface area contributed by atoms with Crippen LogP contribution in [-0.4, -0.2) is 29.2 Å². The molecule has 0 amide bonds. The number of nitrogens with two attached hydrogens (primary N) is 1. The average molecular weight is 266 g/mol. The van der Waals surface area contributed by atoms with Crippen LogP contribution in [-0.2, 0) is 0 Å². The standard InChI is InChI=1S/C11H11FN4O3/c1-17-9-14-10(18-2)16-11(15-9)19-8-4-3-6(13)5-7(8)12/h3-5H,13H2,1-2H3. The molecule has 2 aromatic rings. The first-order chi connectivity index (χ1) is 9.12. The van der Waals surface area contributed by atoms with Crippen LogP contribution in [0.3, 0.4) is 0 Å². The molecule has 1 aromatic carbocycles. The minimum Gasteiger partial charge on any atom is -0.467 e. The van der Waals surface area contributed by atoms with Gasteiger partial charge < -0.3 is 19.9 Å². The van der Waals surface area contributed by atoms with Crippen LogP contribution < -0.4 is 19.9 Å². The molecule has 2 N–H and O–H groups in total. The van der Waals surface area contributed by atoms with Gasteiger partial charge >= 0.3 is 18.0 Å². The van der Waals surface area contributed by atoms with Gasteiger partial charge in [-0.3, -0.25) is 0 Å². The highest BCUT2D eigenvalue weighted by Crippen LogP contribution is 2.25. The lowest BCUT2D eigenvalue weighted by Gasteiger charge is -2.07. The van der Waals surface area contributed by atoms with Crippen LogP contribution in [0.5, 0.6) is 23.8 Å². The molecule has 0 saturated heterocycles. The number of hydrogen-bond acceptors (Lipinski definition) is 7. The molecule has 0 fully saturated rings. The molecule has 0 radical (unpaired) electrons. The van der Waals surface area contributed by atoms with Crippen molar-refractivity contribution in [3.05, 3.63) is 24.0 Å². The Morgan fingerprint density at radius 2 is 1.58 bits per heavy atom. The smallest absolute Gasteiger partial charge is 0.331 e. The van der Waals surface area contributed by atoms with Crippen LogP contribution in [0.2, 0.25) is 0 Å². The molecule has 0 atom stereocenters. The van der Waals surface area contributed by atoms with Crippen molar-refractivity contribution in [1.29, 1.82) is 0 Å². The van der Waals surface area contributed by atoms with Gasteiger partial charge in [0.2, 0.25) is 0 Å². The van der Waals surface area contributed by atoms with Crippen LogP contribution in [0.25, 0.3) is 0 Å². The lowest BCUT2D eigenvalue weighted by molar-refractivity contribution is 0.317. The number of hydrogen-bond donors (Lipinski definition) is 1. The van der Waals surface area contributed by atoms with Crippen LogP contribution >= 0.6 is 0 Å². The summed E-state index contributed by atoms with van der Waals surface area (Å²) < 4.78 is 28.5. The van der Waals surface area contributed by atoms with Crippen molar-refractivity contribution in [2.45, 2.75) is 0 Å². The maximum Gasteiger partial charge on any atom is 0.331 e. The Morgan fingerprint density at radius 1 is 1.00 bits per heavy atom. The van der Waals surface area contributed by atoms with Crippen molar-refractivity contribution in [1.82, 2.24) is 15.0 Å². The van der Waals surface area contributed by atoms with E-state index in [9.17, 15) is 4.39 Å². The molecule has 0 aliphatic heterocycles. The van der Waals surface area contributed by atoms with E-state index in [1.165, 1.54) is 26.4 Å². The summed E-state index contributed by atoms with van der Waals surface area (Å²) in [5, 5.41) is 0. The molecule has 0 aliphatic rings. The molecular weight excluding hydrogens is 255 g/mol. The van der Waals surface area contributed by atoms with E-state index in [1.807, 2.05) is 0 Å². The first-order valence-corrected chi connectivity index (χ1v) is 5.19. The molecular formula is C11H11FN4O3. The van der Waals surface area contributed by atoms with Crippen molar-refractivity contribution in [3.63, 3.8) is 0 Å². The highest BCUT2D eigenvalue weighted by atomic mass is 19.1. The van der Waals surface area contributed by atoms with Gasteiger partial charge in [-0.05, 0) is 12.1 Å². The van der Waals surface area contributed by atoms with Gasteiger partial charge in [-0.2, -0.15) is 0 Å².